The number of rotatable bonds is 1. The molecule has 1 saturated heterocycles. The molecular weight excluding hydrogens is 256 g/mol. The molecule has 1 fully saturated rings. The summed E-state index contributed by atoms with van der Waals surface area (Å²) >= 11 is 3.31. The molecule has 1 amide bonds. The van der Waals surface area contributed by atoms with Crippen molar-refractivity contribution in [2.75, 3.05) is 11.4 Å². The minimum Gasteiger partial charge on any atom is -0.310 e. The maximum Gasteiger partial charge on any atom is 0.240 e. The first kappa shape index (κ1) is 10.2. The van der Waals surface area contributed by atoms with Gasteiger partial charge in [0.15, 0.2) is 0 Å². The first-order chi connectivity index (χ1) is 7.24. The normalized spacial score (nSPS) is 20.4. The molecule has 4 heteroatoms. The minimum absolute atomic E-state index is 0.0395. The van der Waals surface area contributed by atoms with E-state index in [2.05, 4.69) is 22.0 Å². The maximum atomic E-state index is 11.7. The van der Waals surface area contributed by atoms with Crippen LogP contribution in [0.2, 0.25) is 0 Å². The first-order valence-electron chi connectivity index (χ1n) is 4.68. The van der Waals surface area contributed by atoms with Crippen molar-refractivity contribution < 1.29 is 4.79 Å². The quantitative estimate of drug-likeness (QED) is 0.729. The van der Waals surface area contributed by atoms with E-state index in [1.54, 1.807) is 17.0 Å². The molecule has 2 rings (SSSR count). The van der Waals surface area contributed by atoms with Crippen LogP contribution in [0, 0.1) is 11.3 Å². The predicted octanol–water partition coefficient (Wildman–Crippen LogP) is 2.06. The smallest absolute Gasteiger partial charge is 0.240 e. The van der Waals surface area contributed by atoms with Crippen LogP contribution in [0.25, 0.3) is 0 Å². The highest BCUT2D eigenvalue weighted by Gasteiger charge is 2.31. The summed E-state index contributed by atoms with van der Waals surface area (Å²) in [5, 5.41) is 8.93. The SMILES string of the molecule is N#Cc1ccccc1N1CCC(Br)C1=O. The number of nitriles is 1. The molecule has 1 aliphatic heterocycles. The van der Waals surface area contributed by atoms with Crippen LogP contribution in [0.3, 0.4) is 0 Å². The average Bonchev–Trinajstić information content (AvgIpc) is 2.60. The van der Waals surface area contributed by atoms with Gasteiger partial charge in [0.1, 0.15) is 6.07 Å². The van der Waals surface area contributed by atoms with Crippen molar-refractivity contribution in [2.24, 2.45) is 0 Å². The number of carbonyl (C=O) groups excluding carboxylic acids is 1. The lowest BCUT2D eigenvalue weighted by Crippen LogP contribution is -2.27. The van der Waals surface area contributed by atoms with Gasteiger partial charge >= 0.3 is 0 Å². The van der Waals surface area contributed by atoms with Gasteiger partial charge in [0, 0.05) is 6.54 Å². The molecule has 1 aliphatic rings. The maximum absolute atomic E-state index is 11.7. The fourth-order valence-corrected chi connectivity index (χ4v) is 2.14. The zero-order chi connectivity index (χ0) is 10.8. The van der Waals surface area contributed by atoms with E-state index in [0.717, 1.165) is 6.42 Å². The summed E-state index contributed by atoms with van der Waals surface area (Å²) in [5.41, 5.74) is 1.26. The van der Waals surface area contributed by atoms with Gasteiger partial charge in [0.2, 0.25) is 5.91 Å². The highest BCUT2D eigenvalue weighted by Crippen LogP contribution is 2.27. The zero-order valence-electron chi connectivity index (χ0n) is 7.98. The van der Waals surface area contributed by atoms with Gasteiger partial charge in [-0.25, -0.2) is 0 Å². The molecule has 1 aromatic rings. The molecule has 0 spiro atoms. The number of hydrogen-bond acceptors (Lipinski definition) is 2. The fourth-order valence-electron chi connectivity index (χ4n) is 1.69. The lowest BCUT2D eigenvalue weighted by Gasteiger charge is -2.16. The van der Waals surface area contributed by atoms with Crippen LogP contribution in [0.15, 0.2) is 24.3 Å². The van der Waals surface area contributed by atoms with Gasteiger partial charge in [-0.05, 0) is 18.6 Å². The van der Waals surface area contributed by atoms with Gasteiger partial charge in [-0.1, -0.05) is 28.1 Å². The van der Waals surface area contributed by atoms with E-state index in [1.807, 2.05) is 12.1 Å². The number of anilines is 1. The minimum atomic E-state index is -0.107. The third-order valence-electron chi connectivity index (χ3n) is 2.46. The molecule has 1 atom stereocenters. The van der Waals surface area contributed by atoms with Crippen molar-refractivity contribution in [1.82, 2.24) is 0 Å². The average molecular weight is 265 g/mol. The number of nitrogens with zero attached hydrogens (tertiary/aromatic N) is 2. The van der Waals surface area contributed by atoms with Crippen molar-refractivity contribution in [2.45, 2.75) is 11.2 Å². The van der Waals surface area contributed by atoms with E-state index >= 15 is 0 Å². The summed E-state index contributed by atoms with van der Waals surface area (Å²) in [7, 11) is 0. The van der Waals surface area contributed by atoms with Gasteiger partial charge < -0.3 is 4.90 Å². The summed E-state index contributed by atoms with van der Waals surface area (Å²) in [6.45, 7) is 0.674. The van der Waals surface area contributed by atoms with E-state index in [1.165, 1.54) is 0 Å². The van der Waals surface area contributed by atoms with Crippen molar-refractivity contribution in [1.29, 1.82) is 5.26 Å². The number of benzene rings is 1. The first-order valence-corrected chi connectivity index (χ1v) is 5.60. The molecule has 0 bridgehead atoms. The molecule has 0 N–H and O–H groups in total. The molecule has 1 heterocycles. The lowest BCUT2D eigenvalue weighted by atomic mass is 10.2. The Bertz CT molecular complexity index is 438. The molecule has 1 aromatic carbocycles. The number of halogens is 1. The van der Waals surface area contributed by atoms with Gasteiger partial charge in [-0.3, -0.25) is 4.79 Å². The molecule has 0 radical (unpaired) electrons. The monoisotopic (exact) mass is 264 g/mol. The summed E-state index contributed by atoms with van der Waals surface area (Å²) < 4.78 is 0. The Balaban J connectivity index is 2.39. The Morgan fingerprint density at radius 1 is 1.47 bits per heavy atom. The number of hydrogen-bond donors (Lipinski definition) is 0. The van der Waals surface area contributed by atoms with Crippen molar-refractivity contribution in [3.8, 4) is 6.07 Å². The Morgan fingerprint density at radius 3 is 2.80 bits per heavy atom. The Kier molecular flexibility index (Phi) is 2.74. The summed E-state index contributed by atoms with van der Waals surface area (Å²) in [6.07, 6.45) is 0.790. The van der Waals surface area contributed by atoms with E-state index in [4.69, 9.17) is 5.26 Å². The Labute approximate surface area is 96.4 Å². The molecule has 0 aromatic heterocycles. The highest BCUT2D eigenvalue weighted by molar-refractivity contribution is 9.10. The molecule has 3 nitrogen and oxygen atoms in total. The zero-order valence-corrected chi connectivity index (χ0v) is 9.57. The van der Waals surface area contributed by atoms with E-state index < -0.39 is 0 Å². The van der Waals surface area contributed by atoms with Crippen LogP contribution < -0.4 is 4.90 Å². The predicted molar refractivity (Wildman–Crippen MR) is 60.8 cm³/mol. The molecular formula is C11H9BrN2O. The molecule has 1 unspecified atom stereocenters. The second kappa shape index (κ2) is 4.03. The number of alkyl halides is 1. The van der Waals surface area contributed by atoms with Crippen LogP contribution in [-0.4, -0.2) is 17.3 Å². The van der Waals surface area contributed by atoms with Gasteiger partial charge in [-0.2, -0.15) is 5.26 Å². The second-order valence-corrected chi connectivity index (χ2v) is 4.48. The largest absolute Gasteiger partial charge is 0.310 e. The lowest BCUT2D eigenvalue weighted by molar-refractivity contribution is -0.116. The number of para-hydroxylation sites is 1. The van der Waals surface area contributed by atoms with Gasteiger partial charge in [-0.15, -0.1) is 0 Å². The van der Waals surface area contributed by atoms with Crippen LogP contribution in [0.1, 0.15) is 12.0 Å². The topological polar surface area (TPSA) is 44.1 Å². The van der Waals surface area contributed by atoms with Crippen LogP contribution in [-0.2, 0) is 4.79 Å². The third-order valence-corrected chi connectivity index (χ3v) is 3.30. The van der Waals surface area contributed by atoms with E-state index in [-0.39, 0.29) is 10.7 Å². The number of carbonyl (C=O) groups is 1. The van der Waals surface area contributed by atoms with Crippen molar-refractivity contribution in [3.05, 3.63) is 29.8 Å². The Hall–Kier alpha value is -1.34. The third kappa shape index (κ3) is 1.75. The summed E-state index contributed by atoms with van der Waals surface area (Å²) in [5.74, 6) is 0.0395. The van der Waals surface area contributed by atoms with Crippen molar-refractivity contribution >= 4 is 27.5 Å². The Morgan fingerprint density at radius 2 is 2.20 bits per heavy atom. The fraction of sp³-hybridized carbons (Fsp3) is 0.273. The summed E-state index contributed by atoms with van der Waals surface area (Å²) in [4.78, 5) is 13.3. The van der Waals surface area contributed by atoms with Gasteiger partial charge in [0.25, 0.3) is 0 Å². The van der Waals surface area contributed by atoms with Gasteiger partial charge in [0.05, 0.1) is 16.1 Å². The molecule has 0 aliphatic carbocycles. The molecule has 0 saturated carbocycles. The molecule has 76 valence electrons. The van der Waals surface area contributed by atoms with Crippen molar-refractivity contribution in [3.63, 3.8) is 0 Å². The van der Waals surface area contributed by atoms with E-state index in [9.17, 15) is 4.79 Å². The number of amides is 1. The standard InChI is InChI=1S/C11H9BrN2O/c12-9-5-6-14(11(9)15)10-4-2-1-3-8(10)7-13/h1-4,9H,5-6H2. The van der Waals surface area contributed by atoms with Crippen LogP contribution in [0.4, 0.5) is 5.69 Å². The highest BCUT2D eigenvalue weighted by atomic mass is 79.9. The van der Waals surface area contributed by atoms with Crippen LogP contribution >= 0.6 is 15.9 Å². The summed E-state index contributed by atoms with van der Waals surface area (Å²) in [6, 6.07) is 9.27. The van der Waals surface area contributed by atoms with Crippen LogP contribution in [0.5, 0.6) is 0 Å². The van der Waals surface area contributed by atoms with E-state index in [0.29, 0.717) is 17.8 Å². The molecule has 15 heavy (non-hydrogen) atoms. The second-order valence-electron chi connectivity index (χ2n) is 3.38.